The topological polar surface area (TPSA) is 111 Å². The lowest BCUT2D eigenvalue weighted by molar-refractivity contribution is -0.387. The first kappa shape index (κ1) is 16.5. The number of ether oxygens (including phenoxy) is 1. The first-order chi connectivity index (χ1) is 9.95. The van der Waals surface area contributed by atoms with Crippen LogP contribution in [0.1, 0.15) is 10.4 Å². The van der Waals surface area contributed by atoms with E-state index in [-0.39, 0.29) is 12.1 Å². The Morgan fingerprint density at radius 3 is 2.71 bits per heavy atom. The highest BCUT2D eigenvalue weighted by Crippen LogP contribution is 2.18. The van der Waals surface area contributed by atoms with Crippen LogP contribution < -0.4 is 10.6 Å². The molecular formula is C12H14FN3O5. The number of nitro benzene ring substituents is 1. The third-order valence-electron chi connectivity index (χ3n) is 2.44. The normalized spacial score (nSPS) is 10.0. The first-order valence-electron chi connectivity index (χ1n) is 5.93. The molecule has 8 nitrogen and oxygen atoms in total. The van der Waals surface area contributed by atoms with E-state index in [4.69, 9.17) is 4.74 Å². The molecule has 0 radical (unpaired) electrons. The van der Waals surface area contributed by atoms with Gasteiger partial charge in [-0.1, -0.05) is 0 Å². The maximum absolute atomic E-state index is 13.1. The van der Waals surface area contributed by atoms with Crippen LogP contribution in [0.25, 0.3) is 0 Å². The molecule has 0 spiro atoms. The van der Waals surface area contributed by atoms with E-state index in [0.717, 1.165) is 18.2 Å². The van der Waals surface area contributed by atoms with Crippen LogP contribution in [0.15, 0.2) is 18.2 Å². The van der Waals surface area contributed by atoms with Gasteiger partial charge in [0.1, 0.15) is 0 Å². The minimum Gasteiger partial charge on any atom is -0.383 e. The van der Waals surface area contributed by atoms with Crippen molar-refractivity contribution in [2.45, 2.75) is 0 Å². The molecule has 0 aromatic heterocycles. The molecule has 0 saturated heterocycles. The van der Waals surface area contributed by atoms with Crippen LogP contribution in [-0.4, -0.2) is 43.5 Å². The van der Waals surface area contributed by atoms with E-state index in [9.17, 15) is 24.1 Å². The summed E-state index contributed by atoms with van der Waals surface area (Å²) in [7, 11) is 1.48. The van der Waals surface area contributed by atoms with Gasteiger partial charge in [0.05, 0.1) is 18.1 Å². The Bertz CT molecular complexity index is 550. The number of rotatable bonds is 7. The molecule has 0 heterocycles. The summed E-state index contributed by atoms with van der Waals surface area (Å²) in [5.41, 5.74) is -0.903. The van der Waals surface area contributed by atoms with E-state index < -0.39 is 28.2 Å². The summed E-state index contributed by atoms with van der Waals surface area (Å²) in [5, 5.41) is 15.3. The second-order valence-corrected chi connectivity index (χ2v) is 3.95. The molecule has 0 aliphatic heterocycles. The largest absolute Gasteiger partial charge is 0.383 e. The summed E-state index contributed by atoms with van der Waals surface area (Å²) in [5.74, 6) is -2.18. The van der Waals surface area contributed by atoms with Crippen LogP contribution in [0.2, 0.25) is 0 Å². The summed E-state index contributed by atoms with van der Waals surface area (Å²) in [4.78, 5) is 32.7. The van der Waals surface area contributed by atoms with Crippen molar-refractivity contribution in [1.29, 1.82) is 0 Å². The zero-order chi connectivity index (χ0) is 15.8. The molecule has 1 aromatic carbocycles. The van der Waals surface area contributed by atoms with Gasteiger partial charge in [0.2, 0.25) is 11.7 Å². The van der Waals surface area contributed by atoms with Crippen molar-refractivity contribution in [3.8, 4) is 0 Å². The summed E-state index contributed by atoms with van der Waals surface area (Å²) < 4.78 is 17.9. The predicted molar refractivity (Wildman–Crippen MR) is 70.3 cm³/mol. The molecule has 0 unspecified atom stereocenters. The Labute approximate surface area is 119 Å². The number of hydrogen-bond donors (Lipinski definition) is 2. The molecule has 2 N–H and O–H groups in total. The lowest BCUT2D eigenvalue weighted by atomic mass is 10.2. The highest BCUT2D eigenvalue weighted by Gasteiger charge is 2.17. The number of carbonyl (C=O) groups is 2. The van der Waals surface area contributed by atoms with Gasteiger partial charge >= 0.3 is 5.69 Å². The van der Waals surface area contributed by atoms with Crippen molar-refractivity contribution in [2.75, 3.05) is 26.8 Å². The van der Waals surface area contributed by atoms with Gasteiger partial charge in [0, 0.05) is 25.3 Å². The van der Waals surface area contributed by atoms with Crippen molar-refractivity contribution in [1.82, 2.24) is 10.6 Å². The van der Waals surface area contributed by atoms with E-state index in [0.29, 0.717) is 13.2 Å². The van der Waals surface area contributed by atoms with Crippen molar-refractivity contribution in [3.05, 3.63) is 39.7 Å². The molecular weight excluding hydrogens is 285 g/mol. The average Bonchev–Trinajstić information content (AvgIpc) is 2.45. The van der Waals surface area contributed by atoms with E-state index >= 15 is 0 Å². The monoisotopic (exact) mass is 299 g/mol. The second-order valence-electron chi connectivity index (χ2n) is 3.95. The first-order valence-corrected chi connectivity index (χ1v) is 5.93. The lowest BCUT2D eigenvalue weighted by Gasteiger charge is -2.06. The van der Waals surface area contributed by atoms with Gasteiger partial charge in [-0.25, -0.2) is 0 Å². The lowest BCUT2D eigenvalue weighted by Crippen LogP contribution is -2.38. The molecule has 0 aliphatic rings. The molecule has 0 atom stereocenters. The Hall–Kier alpha value is -2.55. The molecule has 2 amide bonds. The zero-order valence-electron chi connectivity index (χ0n) is 11.2. The molecule has 1 aromatic rings. The van der Waals surface area contributed by atoms with Gasteiger partial charge in [-0.05, 0) is 12.1 Å². The predicted octanol–water partition coefficient (Wildman–Crippen LogP) is 0.226. The van der Waals surface area contributed by atoms with Gasteiger partial charge < -0.3 is 15.4 Å². The third kappa shape index (κ3) is 5.15. The van der Waals surface area contributed by atoms with E-state index in [2.05, 4.69) is 10.6 Å². The quantitative estimate of drug-likeness (QED) is 0.425. The third-order valence-corrected chi connectivity index (χ3v) is 2.44. The maximum Gasteiger partial charge on any atom is 0.305 e. The van der Waals surface area contributed by atoms with Gasteiger partial charge in [-0.3, -0.25) is 19.7 Å². The van der Waals surface area contributed by atoms with Crippen molar-refractivity contribution >= 4 is 17.5 Å². The molecule has 1 rings (SSSR count). The van der Waals surface area contributed by atoms with Crippen LogP contribution in [-0.2, 0) is 9.53 Å². The SMILES string of the molecule is COCCNC(=O)CNC(=O)c1ccc(F)c([N+](=O)[O-])c1. The Balaban J connectivity index is 2.58. The van der Waals surface area contributed by atoms with Crippen LogP contribution in [0.3, 0.4) is 0 Å². The van der Waals surface area contributed by atoms with Crippen LogP contribution in [0.5, 0.6) is 0 Å². The minimum atomic E-state index is -1.03. The second kappa shape index (κ2) is 7.90. The highest BCUT2D eigenvalue weighted by atomic mass is 19.1. The smallest absolute Gasteiger partial charge is 0.305 e. The fourth-order valence-corrected chi connectivity index (χ4v) is 1.41. The molecule has 114 valence electrons. The van der Waals surface area contributed by atoms with E-state index in [1.54, 1.807) is 0 Å². The van der Waals surface area contributed by atoms with Crippen molar-refractivity contribution < 1.29 is 23.6 Å². The number of halogens is 1. The van der Waals surface area contributed by atoms with Gasteiger partial charge in [0.15, 0.2) is 0 Å². The number of nitrogens with one attached hydrogen (secondary N) is 2. The maximum atomic E-state index is 13.1. The van der Waals surface area contributed by atoms with Crippen molar-refractivity contribution in [2.24, 2.45) is 0 Å². The van der Waals surface area contributed by atoms with Crippen LogP contribution >= 0.6 is 0 Å². The molecule has 9 heteroatoms. The Morgan fingerprint density at radius 1 is 1.38 bits per heavy atom. The summed E-state index contributed by atoms with van der Waals surface area (Å²) in [6.07, 6.45) is 0. The van der Waals surface area contributed by atoms with Crippen LogP contribution in [0.4, 0.5) is 10.1 Å². The molecule has 0 aliphatic carbocycles. The molecule has 0 fully saturated rings. The Morgan fingerprint density at radius 2 is 2.10 bits per heavy atom. The van der Waals surface area contributed by atoms with Crippen molar-refractivity contribution in [3.63, 3.8) is 0 Å². The zero-order valence-corrected chi connectivity index (χ0v) is 11.2. The summed E-state index contributed by atoms with van der Waals surface area (Å²) in [6, 6.07) is 2.74. The number of amides is 2. The standard InChI is InChI=1S/C12H14FN3O5/c1-21-5-4-14-11(17)7-15-12(18)8-2-3-9(13)10(6-8)16(19)20/h2-3,6H,4-5,7H2,1H3,(H,14,17)(H,15,18). The average molecular weight is 299 g/mol. The number of nitrogens with zero attached hydrogens (tertiary/aromatic N) is 1. The summed E-state index contributed by atoms with van der Waals surface area (Å²) >= 11 is 0. The molecule has 0 bridgehead atoms. The Kier molecular flexibility index (Phi) is 6.21. The number of benzene rings is 1. The van der Waals surface area contributed by atoms with E-state index in [1.807, 2.05) is 0 Å². The fraction of sp³-hybridized carbons (Fsp3) is 0.333. The van der Waals surface area contributed by atoms with Gasteiger partial charge in [0.25, 0.3) is 5.91 Å². The highest BCUT2D eigenvalue weighted by molar-refractivity contribution is 5.96. The molecule has 21 heavy (non-hydrogen) atoms. The number of carbonyl (C=O) groups excluding carboxylic acids is 2. The van der Waals surface area contributed by atoms with Gasteiger partial charge in [-0.15, -0.1) is 0 Å². The fourth-order valence-electron chi connectivity index (χ4n) is 1.41. The molecule has 0 saturated carbocycles. The van der Waals surface area contributed by atoms with E-state index in [1.165, 1.54) is 7.11 Å². The summed E-state index contributed by atoms with van der Waals surface area (Å²) in [6.45, 7) is 0.338. The minimum absolute atomic E-state index is 0.104. The number of methoxy groups -OCH3 is 1. The number of nitro groups is 1. The van der Waals surface area contributed by atoms with Gasteiger partial charge in [-0.2, -0.15) is 4.39 Å². The van der Waals surface area contributed by atoms with Crippen LogP contribution in [0, 0.1) is 15.9 Å². The number of hydrogen-bond acceptors (Lipinski definition) is 5.